The number of rotatable bonds is 6. The second-order valence-electron chi connectivity index (χ2n) is 5.82. The minimum atomic E-state index is -2.52. The molecule has 1 aliphatic rings. The Balaban J connectivity index is 2.04. The van der Waals surface area contributed by atoms with E-state index in [1.165, 1.54) is 5.56 Å². The van der Waals surface area contributed by atoms with Crippen molar-refractivity contribution in [1.29, 1.82) is 0 Å². The smallest absolute Gasteiger partial charge is 0.374 e. The van der Waals surface area contributed by atoms with Gasteiger partial charge >= 0.3 is 8.80 Å². The van der Waals surface area contributed by atoms with Gasteiger partial charge in [-0.15, -0.1) is 11.6 Å². The highest BCUT2D eigenvalue weighted by atomic mass is 35.5. The molecule has 1 aliphatic heterocycles. The summed E-state index contributed by atoms with van der Waals surface area (Å²) in [6.45, 7) is 8.46. The molecule has 2 rings (SSSR count). The molecule has 1 aromatic carbocycles. The Morgan fingerprint density at radius 1 is 1.29 bits per heavy atom. The highest BCUT2D eigenvalue weighted by molar-refractivity contribution is 6.61. The first kappa shape index (κ1) is 17.0. The molecule has 5 heteroatoms. The van der Waals surface area contributed by atoms with Crippen LogP contribution in [0.1, 0.15) is 37.8 Å². The molecule has 0 saturated carbocycles. The second-order valence-corrected chi connectivity index (χ2v) is 8.73. The fourth-order valence-electron chi connectivity index (χ4n) is 2.54. The maximum absolute atomic E-state index is 6.03. The van der Waals surface area contributed by atoms with Crippen molar-refractivity contribution < 1.29 is 13.3 Å². The minimum absolute atomic E-state index is 0.348. The van der Waals surface area contributed by atoms with Crippen molar-refractivity contribution in [2.75, 3.05) is 19.8 Å². The molecule has 0 bridgehead atoms. The second kappa shape index (κ2) is 7.74. The fourth-order valence-corrected chi connectivity index (χ4v) is 5.82. The molecule has 0 spiro atoms. The van der Waals surface area contributed by atoms with Crippen molar-refractivity contribution in [3.8, 4) is 0 Å². The van der Waals surface area contributed by atoms with E-state index in [4.69, 9.17) is 24.9 Å². The summed E-state index contributed by atoms with van der Waals surface area (Å²) in [7, 11) is -2.52. The zero-order valence-electron chi connectivity index (χ0n) is 13.1. The Hall–Kier alpha value is -0.393. The fraction of sp³-hybridized carbons (Fsp3) is 0.625. The van der Waals surface area contributed by atoms with Crippen molar-refractivity contribution in [3.63, 3.8) is 0 Å². The van der Waals surface area contributed by atoms with Gasteiger partial charge < -0.3 is 13.3 Å². The van der Waals surface area contributed by atoms with E-state index in [1.807, 2.05) is 6.92 Å². The lowest BCUT2D eigenvalue weighted by molar-refractivity contribution is -0.00345. The van der Waals surface area contributed by atoms with Gasteiger partial charge in [-0.25, -0.2) is 0 Å². The van der Waals surface area contributed by atoms with Crippen LogP contribution in [-0.4, -0.2) is 28.6 Å². The quantitative estimate of drug-likeness (QED) is 0.579. The summed E-state index contributed by atoms with van der Waals surface area (Å²) in [5.41, 5.74) is 2.42. The summed E-state index contributed by atoms with van der Waals surface area (Å²) >= 11 is 5.84. The predicted molar refractivity (Wildman–Crippen MR) is 87.7 cm³/mol. The van der Waals surface area contributed by atoms with Crippen molar-refractivity contribution in [2.45, 2.75) is 38.6 Å². The van der Waals surface area contributed by atoms with E-state index in [2.05, 4.69) is 38.1 Å². The van der Waals surface area contributed by atoms with Crippen LogP contribution in [0.15, 0.2) is 24.3 Å². The standard InChI is InChI=1S/C16H25ClO3Si/c1-4-18-21(19-10-13(2)11-20-21)12-14(3)16-7-5-15(9-17)6-8-16/h5-8,13-14H,4,9-12H2,1-3H3. The first-order valence-electron chi connectivity index (χ1n) is 7.65. The van der Waals surface area contributed by atoms with E-state index < -0.39 is 8.80 Å². The molecule has 21 heavy (non-hydrogen) atoms. The lowest BCUT2D eigenvalue weighted by Gasteiger charge is -2.37. The van der Waals surface area contributed by atoms with Crippen molar-refractivity contribution in [1.82, 2.24) is 0 Å². The summed E-state index contributed by atoms with van der Waals surface area (Å²) in [6.07, 6.45) is 0. The molecule has 1 fully saturated rings. The Morgan fingerprint density at radius 2 is 1.90 bits per heavy atom. The Labute approximate surface area is 133 Å². The van der Waals surface area contributed by atoms with Gasteiger partial charge in [0.2, 0.25) is 0 Å². The van der Waals surface area contributed by atoms with E-state index in [0.717, 1.165) is 24.8 Å². The molecule has 1 heterocycles. The molecule has 1 aromatic rings. The molecule has 0 aromatic heterocycles. The SMILES string of the molecule is CCO[Si]1(CC(C)c2ccc(CCl)cc2)OCC(C)CO1. The van der Waals surface area contributed by atoms with Gasteiger partial charge in [-0.05, 0) is 24.0 Å². The molecule has 1 atom stereocenters. The molecule has 0 aliphatic carbocycles. The van der Waals surface area contributed by atoms with Crippen LogP contribution < -0.4 is 0 Å². The third-order valence-corrected chi connectivity index (χ3v) is 7.16. The third kappa shape index (κ3) is 4.54. The zero-order chi connectivity index (χ0) is 15.3. The molecule has 0 N–H and O–H groups in total. The van der Waals surface area contributed by atoms with E-state index >= 15 is 0 Å². The van der Waals surface area contributed by atoms with Crippen molar-refractivity contribution >= 4 is 20.4 Å². The molecule has 3 nitrogen and oxygen atoms in total. The Bertz CT molecular complexity index is 430. The molecule has 118 valence electrons. The average Bonchev–Trinajstić information content (AvgIpc) is 2.51. The number of alkyl halides is 1. The van der Waals surface area contributed by atoms with Crippen LogP contribution in [0.25, 0.3) is 0 Å². The summed E-state index contributed by atoms with van der Waals surface area (Å²) in [6, 6.07) is 9.27. The van der Waals surface area contributed by atoms with Crippen LogP contribution in [0.2, 0.25) is 6.04 Å². The van der Waals surface area contributed by atoms with Gasteiger partial charge in [0, 0.05) is 37.7 Å². The van der Waals surface area contributed by atoms with E-state index in [-0.39, 0.29) is 0 Å². The molecule has 0 amide bonds. The largest absolute Gasteiger partial charge is 0.501 e. The molecular formula is C16H25ClO3Si. The predicted octanol–water partition coefficient (Wildman–Crippen LogP) is 4.19. The number of benzene rings is 1. The monoisotopic (exact) mass is 328 g/mol. The van der Waals surface area contributed by atoms with Crippen molar-refractivity contribution in [2.24, 2.45) is 5.92 Å². The van der Waals surface area contributed by atoms with E-state index in [0.29, 0.717) is 24.3 Å². The number of hydrogen-bond acceptors (Lipinski definition) is 3. The van der Waals surface area contributed by atoms with Gasteiger partial charge in [-0.1, -0.05) is 38.1 Å². The van der Waals surface area contributed by atoms with E-state index in [1.54, 1.807) is 0 Å². The third-order valence-electron chi connectivity index (χ3n) is 3.80. The molecule has 0 radical (unpaired) electrons. The van der Waals surface area contributed by atoms with Crippen LogP contribution in [0, 0.1) is 5.92 Å². The number of hydrogen-bond donors (Lipinski definition) is 0. The minimum Gasteiger partial charge on any atom is -0.374 e. The lowest BCUT2D eigenvalue weighted by Crippen LogP contribution is -2.52. The number of halogens is 1. The van der Waals surface area contributed by atoms with Crippen LogP contribution in [0.5, 0.6) is 0 Å². The van der Waals surface area contributed by atoms with Gasteiger partial charge in [0.1, 0.15) is 0 Å². The lowest BCUT2D eigenvalue weighted by atomic mass is 10.0. The maximum atomic E-state index is 6.03. The van der Waals surface area contributed by atoms with Crippen LogP contribution in [0.3, 0.4) is 0 Å². The van der Waals surface area contributed by atoms with Gasteiger partial charge in [-0.3, -0.25) is 0 Å². The molecular weight excluding hydrogens is 304 g/mol. The van der Waals surface area contributed by atoms with E-state index in [9.17, 15) is 0 Å². The zero-order valence-corrected chi connectivity index (χ0v) is 14.9. The van der Waals surface area contributed by atoms with Crippen LogP contribution in [0.4, 0.5) is 0 Å². The summed E-state index contributed by atoms with van der Waals surface area (Å²) in [5.74, 6) is 1.35. The topological polar surface area (TPSA) is 27.7 Å². The Kier molecular flexibility index (Phi) is 6.26. The normalized spacial score (nSPS) is 27.5. The van der Waals surface area contributed by atoms with Crippen LogP contribution >= 0.6 is 11.6 Å². The molecule has 1 unspecified atom stereocenters. The molecule has 1 saturated heterocycles. The van der Waals surface area contributed by atoms with Gasteiger partial charge in [-0.2, -0.15) is 0 Å². The maximum Gasteiger partial charge on any atom is 0.501 e. The van der Waals surface area contributed by atoms with Gasteiger partial charge in [0.25, 0.3) is 0 Å². The summed E-state index contributed by atoms with van der Waals surface area (Å²) < 4.78 is 18.0. The first-order valence-corrected chi connectivity index (χ1v) is 10.1. The first-order chi connectivity index (χ1) is 10.1. The average molecular weight is 329 g/mol. The van der Waals surface area contributed by atoms with Gasteiger partial charge in [0.05, 0.1) is 0 Å². The summed E-state index contributed by atoms with van der Waals surface area (Å²) in [4.78, 5) is 0. The van der Waals surface area contributed by atoms with Crippen LogP contribution in [-0.2, 0) is 19.2 Å². The summed E-state index contributed by atoms with van der Waals surface area (Å²) in [5, 5.41) is 0. The van der Waals surface area contributed by atoms with Gasteiger partial charge in [0.15, 0.2) is 0 Å². The highest BCUT2D eigenvalue weighted by Gasteiger charge is 2.45. The van der Waals surface area contributed by atoms with Crippen molar-refractivity contribution in [3.05, 3.63) is 35.4 Å². The Morgan fingerprint density at radius 3 is 2.43 bits per heavy atom. The highest BCUT2D eigenvalue weighted by Crippen LogP contribution is 2.31.